The molecule has 120 valence electrons. The summed E-state index contributed by atoms with van der Waals surface area (Å²) in [6.45, 7) is 3.88. The van der Waals surface area contributed by atoms with E-state index >= 15 is 0 Å². The second-order valence-corrected chi connectivity index (χ2v) is 6.44. The van der Waals surface area contributed by atoms with Crippen LogP contribution in [0.1, 0.15) is 19.3 Å². The third-order valence-corrected chi connectivity index (χ3v) is 4.94. The van der Waals surface area contributed by atoms with Crippen LogP contribution in [0.3, 0.4) is 0 Å². The molecule has 1 atom stereocenters. The number of carbonyl (C=O) groups is 2. The average Bonchev–Trinajstić information content (AvgIpc) is 2.55. The molecule has 0 bridgehead atoms. The molecule has 2 aliphatic heterocycles. The molecule has 2 rings (SSSR count). The minimum Gasteiger partial charge on any atom is -0.378 e. The second kappa shape index (κ2) is 8.60. The predicted molar refractivity (Wildman–Crippen MR) is 83.1 cm³/mol. The molecule has 2 amide bonds. The van der Waals surface area contributed by atoms with E-state index < -0.39 is 0 Å². The minimum atomic E-state index is 0.102. The molecule has 2 aliphatic rings. The predicted octanol–water partition coefficient (Wildman–Crippen LogP) is -0.0818. The first-order valence-corrected chi connectivity index (χ1v) is 8.80. The fourth-order valence-corrected chi connectivity index (χ4v) is 3.59. The van der Waals surface area contributed by atoms with Crippen LogP contribution in [0.15, 0.2) is 0 Å². The van der Waals surface area contributed by atoms with E-state index in [1.807, 2.05) is 9.80 Å². The van der Waals surface area contributed by atoms with Crippen LogP contribution in [0.25, 0.3) is 0 Å². The van der Waals surface area contributed by atoms with Gasteiger partial charge in [0.15, 0.2) is 0 Å². The lowest BCUT2D eigenvalue weighted by atomic mass is 10.0. The third-order valence-electron chi connectivity index (χ3n) is 4.03. The maximum absolute atomic E-state index is 12.2. The number of piperidine rings is 1. The molecular formula is C14H25N3O3S. The first-order chi connectivity index (χ1) is 10.2. The zero-order valence-electron chi connectivity index (χ0n) is 12.5. The van der Waals surface area contributed by atoms with Gasteiger partial charge < -0.3 is 20.3 Å². The fourth-order valence-electron chi connectivity index (χ4n) is 2.79. The van der Waals surface area contributed by atoms with Crippen molar-refractivity contribution in [2.45, 2.75) is 25.3 Å². The molecular weight excluding hydrogens is 290 g/mol. The standard InChI is InChI=1S/C14H25N3O3S/c15-9-12-3-1-2-4-17(12)14(19)11-21-10-13(18)16-5-7-20-8-6-16/h12H,1-11,15H2. The Morgan fingerprint density at radius 2 is 1.81 bits per heavy atom. The Kier molecular flexibility index (Phi) is 6.79. The summed E-state index contributed by atoms with van der Waals surface area (Å²) in [5.41, 5.74) is 5.73. The topological polar surface area (TPSA) is 75.9 Å². The molecule has 1 unspecified atom stereocenters. The fraction of sp³-hybridized carbons (Fsp3) is 0.857. The molecule has 21 heavy (non-hydrogen) atoms. The van der Waals surface area contributed by atoms with Crippen LogP contribution in [-0.2, 0) is 14.3 Å². The van der Waals surface area contributed by atoms with Crippen molar-refractivity contribution in [3.8, 4) is 0 Å². The monoisotopic (exact) mass is 315 g/mol. The zero-order chi connectivity index (χ0) is 15.1. The number of likely N-dealkylation sites (tertiary alicyclic amines) is 1. The Bertz CT molecular complexity index is 361. The quantitative estimate of drug-likeness (QED) is 0.768. The Hall–Kier alpha value is -0.790. The third kappa shape index (κ3) is 4.86. The van der Waals surface area contributed by atoms with Gasteiger partial charge in [-0.2, -0.15) is 0 Å². The first-order valence-electron chi connectivity index (χ1n) is 7.65. The van der Waals surface area contributed by atoms with Gasteiger partial charge in [0, 0.05) is 32.2 Å². The van der Waals surface area contributed by atoms with Gasteiger partial charge in [0.25, 0.3) is 0 Å². The van der Waals surface area contributed by atoms with Crippen molar-refractivity contribution in [2.24, 2.45) is 5.73 Å². The van der Waals surface area contributed by atoms with Crippen LogP contribution in [0, 0.1) is 0 Å². The second-order valence-electron chi connectivity index (χ2n) is 5.46. The number of carbonyl (C=O) groups excluding carboxylic acids is 2. The van der Waals surface area contributed by atoms with E-state index in [1.54, 1.807) is 0 Å². The number of morpholine rings is 1. The van der Waals surface area contributed by atoms with Gasteiger partial charge in [-0.05, 0) is 19.3 Å². The molecule has 0 aromatic carbocycles. The molecule has 2 N–H and O–H groups in total. The number of amides is 2. The van der Waals surface area contributed by atoms with Gasteiger partial charge in [-0.3, -0.25) is 9.59 Å². The maximum atomic E-state index is 12.2. The van der Waals surface area contributed by atoms with Gasteiger partial charge in [0.2, 0.25) is 11.8 Å². The number of ether oxygens (including phenoxy) is 1. The Balaban J connectivity index is 1.69. The highest BCUT2D eigenvalue weighted by Gasteiger charge is 2.25. The summed E-state index contributed by atoms with van der Waals surface area (Å²) in [4.78, 5) is 27.9. The van der Waals surface area contributed by atoms with Crippen molar-refractivity contribution in [3.05, 3.63) is 0 Å². The molecule has 0 aliphatic carbocycles. The number of hydrogen-bond acceptors (Lipinski definition) is 5. The van der Waals surface area contributed by atoms with Crippen LogP contribution in [-0.4, -0.2) is 78.6 Å². The van der Waals surface area contributed by atoms with Crippen molar-refractivity contribution in [2.75, 3.05) is 50.9 Å². The summed E-state index contributed by atoms with van der Waals surface area (Å²) in [6, 6.07) is 0.182. The highest BCUT2D eigenvalue weighted by Crippen LogP contribution is 2.17. The lowest BCUT2D eigenvalue weighted by Gasteiger charge is -2.35. The van der Waals surface area contributed by atoms with Gasteiger partial charge in [-0.25, -0.2) is 0 Å². The van der Waals surface area contributed by atoms with E-state index in [9.17, 15) is 9.59 Å². The van der Waals surface area contributed by atoms with E-state index in [4.69, 9.17) is 10.5 Å². The normalized spacial score (nSPS) is 23.2. The van der Waals surface area contributed by atoms with Gasteiger partial charge >= 0.3 is 0 Å². The van der Waals surface area contributed by atoms with Crippen molar-refractivity contribution in [1.82, 2.24) is 9.80 Å². The number of thioether (sulfide) groups is 1. The molecule has 0 aromatic rings. The van der Waals surface area contributed by atoms with Crippen molar-refractivity contribution in [1.29, 1.82) is 0 Å². The van der Waals surface area contributed by atoms with Crippen LogP contribution in [0.2, 0.25) is 0 Å². The first kappa shape index (κ1) is 16.6. The molecule has 2 saturated heterocycles. The molecule has 2 heterocycles. The number of hydrogen-bond donors (Lipinski definition) is 1. The van der Waals surface area contributed by atoms with E-state index in [1.165, 1.54) is 11.8 Å². The van der Waals surface area contributed by atoms with Crippen LogP contribution < -0.4 is 5.73 Å². The van der Waals surface area contributed by atoms with E-state index in [-0.39, 0.29) is 17.9 Å². The molecule has 2 fully saturated rings. The summed E-state index contributed by atoms with van der Waals surface area (Å²) in [6.07, 6.45) is 3.20. The van der Waals surface area contributed by atoms with Gasteiger partial charge in [0.1, 0.15) is 0 Å². The molecule has 6 nitrogen and oxygen atoms in total. The number of rotatable bonds is 5. The molecule has 0 radical (unpaired) electrons. The van der Waals surface area contributed by atoms with E-state index in [0.717, 1.165) is 25.8 Å². The van der Waals surface area contributed by atoms with Crippen LogP contribution in [0.5, 0.6) is 0 Å². The SMILES string of the molecule is NCC1CCCCN1C(=O)CSCC(=O)N1CCOCC1. The minimum absolute atomic E-state index is 0.102. The average molecular weight is 315 g/mol. The summed E-state index contributed by atoms with van der Waals surface area (Å²) >= 11 is 1.41. The highest BCUT2D eigenvalue weighted by molar-refractivity contribution is 8.00. The highest BCUT2D eigenvalue weighted by atomic mass is 32.2. The van der Waals surface area contributed by atoms with E-state index in [0.29, 0.717) is 44.4 Å². The van der Waals surface area contributed by atoms with Crippen LogP contribution in [0.4, 0.5) is 0 Å². The molecule has 0 spiro atoms. The molecule has 0 saturated carbocycles. The smallest absolute Gasteiger partial charge is 0.232 e. The molecule has 7 heteroatoms. The lowest BCUT2D eigenvalue weighted by molar-refractivity contribution is -0.132. The maximum Gasteiger partial charge on any atom is 0.232 e. The summed E-state index contributed by atoms with van der Waals surface area (Å²) < 4.78 is 5.22. The van der Waals surface area contributed by atoms with Gasteiger partial charge in [-0.1, -0.05) is 0 Å². The van der Waals surface area contributed by atoms with Crippen molar-refractivity contribution in [3.63, 3.8) is 0 Å². The summed E-state index contributed by atoms with van der Waals surface area (Å²) in [5.74, 6) is 0.953. The van der Waals surface area contributed by atoms with Crippen molar-refractivity contribution < 1.29 is 14.3 Å². The number of nitrogens with zero attached hydrogens (tertiary/aromatic N) is 2. The Morgan fingerprint density at radius 3 is 2.52 bits per heavy atom. The van der Waals surface area contributed by atoms with Gasteiger partial charge in [0.05, 0.1) is 24.7 Å². The number of nitrogens with two attached hydrogens (primary N) is 1. The Morgan fingerprint density at radius 1 is 1.10 bits per heavy atom. The van der Waals surface area contributed by atoms with E-state index in [2.05, 4.69) is 0 Å². The van der Waals surface area contributed by atoms with Crippen molar-refractivity contribution >= 4 is 23.6 Å². The van der Waals surface area contributed by atoms with Gasteiger partial charge in [-0.15, -0.1) is 11.8 Å². The molecule has 0 aromatic heterocycles. The summed E-state index contributed by atoms with van der Waals surface area (Å²) in [7, 11) is 0. The van der Waals surface area contributed by atoms with Crippen LogP contribution >= 0.6 is 11.8 Å². The Labute approximate surface area is 130 Å². The summed E-state index contributed by atoms with van der Waals surface area (Å²) in [5, 5.41) is 0. The lowest BCUT2D eigenvalue weighted by Crippen LogP contribution is -2.48. The largest absolute Gasteiger partial charge is 0.378 e. The zero-order valence-corrected chi connectivity index (χ0v) is 13.3.